The number of rotatable bonds is 4. The number of hydrogen-bond donors (Lipinski definition) is 2. The van der Waals surface area contributed by atoms with E-state index in [0.717, 1.165) is 18.7 Å². The van der Waals surface area contributed by atoms with Crippen molar-refractivity contribution >= 4 is 23.3 Å². The van der Waals surface area contributed by atoms with Crippen molar-refractivity contribution in [3.8, 4) is 0 Å². The van der Waals surface area contributed by atoms with Gasteiger partial charge < -0.3 is 15.3 Å². The molecule has 2 N–H and O–H groups in total. The quantitative estimate of drug-likeness (QED) is 0.904. The number of carboxylic acid groups (broad SMARTS) is 1. The third kappa shape index (κ3) is 3.11. The lowest BCUT2D eigenvalue weighted by Crippen LogP contribution is -2.28. The first kappa shape index (κ1) is 16.1. The van der Waals surface area contributed by atoms with Crippen molar-refractivity contribution in [1.82, 2.24) is 0 Å². The molecule has 0 saturated heterocycles. The number of benzene rings is 2. The average Bonchev–Trinajstić information content (AvgIpc) is 2.98. The van der Waals surface area contributed by atoms with Gasteiger partial charge in [0.15, 0.2) is 0 Å². The van der Waals surface area contributed by atoms with E-state index in [2.05, 4.69) is 30.1 Å². The zero-order chi connectivity index (χ0) is 17.3. The maximum Gasteiger partial charge on any atom is 0.335 e. The highest BCUT2D eigenvalue weighted by Crippen LogP contribution is 2.32. The number of amides is 1. The lowest BCUT2D eigenvalue weighted by molar-refractivity contribution is 0.0696. The molecule has 1 heterocycles. The highest BCUT2D eigenvalue weighted by molar-refractivity contribution is 6.05. The van der Waals surface area contributed by atoms with E-state index in [-0.39, 0.29) is 11.5 Å². The fourth-order valence-corrected chi connectivity index (χ4v) is 2.99. The third-order valence-corrected chi connectivity index (χ3v) is 4.29. The van der Waals surface area contributed by atoms with Crippen LogP contribution in [0.3, 0.4) is 0 Å². The summed E-state index contributed by atoms with van der Waals surface area (Å²) in [5, 5.41) is 11.8. The molecule has 124 valence electrons. The van der Waals surface area contributed by atoms with Gasteiger partial charge in [0.05, 0.1) is 5.56 Å². The van der Waals surface area contributed by atoms with Crippen LogP contribution in [0.2, 0.25) is 0 Å². The van der Waals surface area contributed by atoms with Crippen LogP contribution < -0.4 is 10.2 Å². The maximum atomic E-state index is 12.3. The van der Waals surface area contributed by atoms with E-state index in [1.807, 2.05) is 12.1 Å². The molecular weight excluding hydrogens is 304 g/mol. The second-order valence-electron chi connectivity index (χ2n) is 6.22. The molecule has 0 radical (unpaired) electrons. The summed E-state index contributed by atoms with van der Waals surface area (Å²) in [6.07, 6.45) is 1.03. The van der Waals surface area contributed by atoms with Crippen molar-refractivity contribution in [1.29, 1.82) is 0 Å². The zero-order valence-corrected chi connectivity index (χ0v) is 13.7. The minimum absolute atomic E-state index is 0.164. The van der Waals surface area contributed by atoms with E-state index in [1.54, 1.807) is 0 Å². The van der Waals surface area contributed by atoms with Crippen molar-refractivity contribution in [3.05, 3.63) is 59.2 Å². The molecule has 0 saturated carbocycles. The standard InChI is InChI=1S/C19H20N2O3/c1-12(2)21-10-9-13-7-8-16(11-17(13)21)20-18(22)14-3-5-15(6-4-14)19(23)24/h3-8,11-12H,9-10H2,1-2H3,(H,20,22)(H,23,24). The van der Waals surface area contributed by atoms with Gasteiger partial charge in [-0.2, -0.15) is 0 Å². The Balaban J connectivity index is 1.78. The molecule has 3 rings (SSSR count). The Labute approximate surface area is 140 Å². The van der Waals surface area contributed by atoms with E-state index in [4.69, 9.17) is 5.11 Å². The first-order valence-electron chi connectivity index (χ1n) is 8.00. The summed E-state index contributed by atoms with van der Waals surface area (Å²) in [4.78, 5) is 25.5. The molecule has 0 atom stereocenters. The molecule has 0 aromatic heterocycles. The van der Waals surface area contributed by atoms with Crippen molar-refractivity contribution in [2.45, 2.75) is 26.3 Å². The molecule has 0 fully saturated rings. The molecule has 0 bridgehead atoms. The highest BCUT2D eigenvalue weighted by atomic mass is 16.4. The minimum atomic E-state index is -1.01. The second kappa shape index (κ2) is 6.35. The van der Waals surface area contributed by atoms with Gasteiger partial charge >= 0.3 is 5.97 Å². The molecule has 5 heteroatoms. The number of hydrogen-bond acceptors (Lipinski definition) is 3. The molecule has 1 aliphatic heterocycles. The first-order chi connectivity index (χ1) is 11.5. The fourth-order valence-electron chi connectivity index (χ4n) is 2.99. The Kier molecular flexibility index (Phi) is 4.25. The van der Waals surface area contributed by atoms with Gasteiger partial charge in [-0.25, -0.2) is 4.79 Å². The molecule has 0 spiro atoms. The molecule has 5 nitrogen and oxygen atoms in total. The SMILES string of the molecule is CC(C)N1CCc2ccc(NC(=O)c3ccc(C(=O)O)cc3)cc21. The van der Waals surface area contributed by atoms with Crippen molar-refractivity contribution < 1.29 is 14.7 Å². The fraction of sp³-hybridized carbons (Fsp3) is 0.263. The molecule has 1 amide bonds. The van der Waals surface area contributed by atoms with Crippen molar-refractivity contribution in [2.24, 2.45) is 0 Å². The normalized spacial score (nSPS) is 13.0. The molecular formula is C19H20N2O3. The Morgan fingerprint density at radius 2 is 1.75 bits per heavy atom. The summed E-state index contributed by atoms with van der Waals surface area (Å²) in [7, 11) is 0. The number of carbonyl (C=O) groups is 2. The molecule has 0 unspecified atom stereocenters. The van der Waals surface area contributed by atoms with Gasteiger partial charge in [-0.3, -0.25) is 4.79 Å². The zero-order valence-electron chi connectivity index (χ0n) is 13.7. The first-order valence-corrected chi connectivity index (χ1v) is 8.00. The number of carboxylic acids is 1. The molecule has 2 aromatic rings. The lowest BCUT2D eigenvalue weighted by Gasteiger charge is -2.24. The summed E-state index contributed by atoms with van der Waals surface area (Å²) in [6.45, 7) is 5.32. The van der Waals surface area contributed by atoms with Crippen LogP contribution in [-0.4, -0.2) is 29.6 Å². The average molecular weight is 324 g/mol. The summed E-state index contributed by atoms with van der Waals surface area (Å²) in [6, 6.07) is 12.3. The summed E-state index contributed by atoms with van der Waals surface area (Å²) < 4.78 is 0. The third-order valence-electron chi connectivity index (χ3n) is 4.29. The van der Waals surface area contributed by atoms with Crippen LogP contribution in [0.4, 0.5) is 11.4 Å². The molecule has 1 aliphatic rings. The second-order valence-corrected chi connectivity index (χ2v) is 6.22. The van der Waals surface area contributed by atoms with Crippen LogP contribution in [0.15, 0.2) is 42.5 Å². The van der Waals surface area contributed by atoms with E-state index in [9.17, 15) is 9.59 Å². The monoisotopic (exact) mass is 324 g/mol. The summed E-state index contributed by atoms with van der Waals surface area (Å²) in [5.41, 5.74) is 3.81. The van der Waals surface area contributed by atoms with Gasteiger partial charge in [-0.15, -0.1) is 0 Å². The Bertz CT molecular complexity index is 782. The summed E-state index contributed by atoms with van der Waals surface area (Å²) in [5.74, 6) is -1.25. The van der Waals surface area contributed by atoms with Crippen LogP contribution in [0.1, 0.15) is 40.1 Å². The Hall–Kier alpha value is -2.82. The summed E-state index contributed by atoms with van der Waals surface area (Å²) >= 11 is 0. The van der Waals surface area contributed by atoms with E-state index in [0.29, 0.717) is 11.6 Å². The number of anilines is 2. The smallest absolute Gasteiger partial charge is 0.335 e. The van der Waals surface area contributed by atoms with Crippen LogP contribution >= 0.6 is 0 Å². The molecule has 24 heavy (non-hydrogen) atoms. The van der Waals surface area contributed by atoms with E-state index in [1.165, 1.54) is 35.5 Å². The van der Waals surface area contributed by atoms with Crippen LogP contribution in [0.5, 0.6) is 0 Å². The highest BCUT2D eigenvalue weighted by Gasteiger charge is 2.21. The van der Waals surface area contributed by atoms with E-state index < -0.39 is 5.97 Å². The van der Waals surface area contributed by atoms with Crippen molar-refractivity contribution in [2.75, 3.05) is 16.8 Å². The van der Waals surface area contributed by atoms with Gasteiger partial charge in [0.1, 0.15) is 0 Å². The predicted molar refractivity (Wildman–Crippen MR) is 94.0 cm³/mol. The predicted octanol–water partition coefficient (Wildman–Crippen LogP) is 3.41. The number of aromatic carboxylic acids is 1. The maximum absolute atomic E-state index is 12.3. The van der Waals surface area contributed by atoms with Crippen molar-refractivity contribution in [3.63, 3.8) is 0 Å². The van der Waals surface area contributed by atoms with Gasteiger partial charge in [0.25, 0.3) is 5.91 Å². The van der Waals surface area contributed by atoms with Crippen LogP contribution in [0, 0.1) is 0 Å². The Morgan fingerprint density at radius 1 is 1.08 bits per heavy atom. The number of carbonyl (C=O) groups excluding carboxylic acids is 1. The lowest BCUT2D eigenvalue weighted by atomic mass is 10.1. The minimum Gasteiger partial charge on any atom is -0.478 e. The van der Waals surface area contributed by atoms with Gasteiger partial charge in [-0.1, -0.05) is 6.07 Å². The Morgan fingerprint density at radius 3 is 2.38 bits per heavy atom. The topological polar surface area (TPSA) is 69.6 Å². The molecule has 0 aliphatic carbocycles. The van der Waals surface area contributed by atoms with E-state index >= 15 is 0 Å². The number of fused-ring (bicyclic) bond motifs is 1. The largest absolute Gasteiger partial charge is 0.478 e. The number of nitrogens with zero attached hydrogens (tertiary/aromatic N) is 1. The molecule has 2 aromatic carbocycles. The van der Waals surface area contributed by atoms with Gasteiger partial charge in [-0.05, 0) is 62.2 Å². The van der Waals surface area contributed by atoms with Gasteiger partial charge in [0.2, 0.25) is 0 Å². The van der Waals surface area contributed by atoms with Gasteiger partial charge in [0, 0.05) is 29.5 Å². The van der Waals surface area contributed by atoms with Crippen LogP contribution in [-0.2, 0) is 6.42 Å². The number of nitrogens with one attached hydrogen (secondary N) is 1. The van der Waals surface area contributed by atoms with Crippen LogP contribution in [0.25, 0.3) is 0 Å².